The van der Waals surface area contributed by atoms with E-state index >= 15 is 0 Å². The van der Waals surface area contributed by atoms with Crippen LogP contribution in [0.5, 0.6) is 0 Å². The fraction of sp³-hybridized carbons (Fsp3) is 0.200. The Morgan fingerprint density at radius 3 is 2.42 bits per heavy atom. The van der Waals surface area contributed by atoms with E-state index in [0.29, 0.717) is 4.90 Å². The molecule has 4 heteroatoms. The minimum atomic E-state index is -3.24. The smallest absolute Gasteiger partial charge is 0.175 e. The highest BCUT2D eigenvalue weighted by Gasteiger charge is 2.17. The molecule has 1 aliphatic rings. The molecule has 0 fully saturated rings. The summed E-state index contributed by atoms with van der Waals surface area (Å²) in [4.78, 5) is 0.355. The van der Waals surface area contributed by atoms with Gasteiger partial charge in [0, 0.05) is 6.26 Å². The van der Waals surface area contributed by atoms with Gasteiger partial charge in [0.1, 0.15) is 0 Å². The minimum absolute atomic E-state index is 0.355. The van der Waals surface area contributed by atoms with E-state index in [9.17, 15) is 8.42 Å². The summed E-state index contributed by atoms with van der Waals surface area (Å²) in [5.74, 6) is 0. The second-order valence-corrected chi connectivity index (χ2v) is 7.97. The number of rotatable bonds is 4. The lowest BCUT2D eigenvalue weighted by molar-refractivity contribution is 0.602. The molecule has 1 aliphatic carbocycles. The maximum Gasteiger partial charge on any atom is 0.175 e. The Kier molecular flexibility index (Phi) is 4.69. The normalized spacial score (nSPS) is 15.0. The first-order valence-corrected chi connectivity index (χ1v) is 9.86. The molecule has 0 bridgehead atoms. The van der Waals surface area contributed by atoms with Gasteiger partial charge in [-0.25, -0.2) is 8.42 Å². The fourth-order valence-corrected chi connectivity index (χ4v) is 3.58. The second kappa shape index (κ2) is 6.75. The maximum atomic E-state index is 12.0. The fourth-order valence-electron chi connectivity index (χ4n) is 2.94. The lowest BCUT2D eigenvalue weighted by atomic mass is 9.93. The standard InChI is InChI=1S/C20H21NO2S/c1-21-13-5-8-19-18-7-4-3-6-15(18)9-10-16-11-12-17(14-20(16)19)24(2,22)23/h3-4,6-12,14,21H,5,13H2,1-2H3/b19-8-. The van der Waals surface area contributed by atoms with Crippen molar-refractivity contribution in [3.63, 3.8) is 0 Å². The molecule has 3 nitrogen and oxygen atoms in total. The minimum Gasteiger partial charge on any atom is -0.319 e. The zero-order chi connectivity index (χ0) is 17.2. The van der Waals surface area contributed by atoms with Gasteiger partial charge < -0.3 is 5.32 Å². The van der Waals surface area contributed by atoms with E-state index in [1.54, 1.807) is 12.1 Å². The Hall–Kier alpha value is -2.17. The third-order valence-corrected chi connectivity index (χ3v) is 5.29. The summed E-state index contributed by atoms with van der Waals surface area (Å²) in [6.45, 7) is 0.875. The SMILES string of the molecule is CNCC/C=C1/c2ccccc2C=Cc2ccc(S(C)(=O)=O)cc21. The molecule has 0 aliphatic heterocycles. The van der Waals surface area contributed by atoms with Crippen molar-refractivity contribution >= 4 is 27.6 Å². The van der Waals surface area contributed by atoms with Crippen LogP contribution in [0.2, 0.25) is 0 Å². The quantitative estimate of drug-likeness (QED) is 0.739. The number of fused-ring (bicyclic) bond motifs is 2. The average molecular weight is 339 g/mol. The molecule has 24 heavy (non-hydrogen) atoms. The first-order chi connectivity index (χ1) is 11.5. The Balaban J connectivity index is 2.23. The molecule has 0 heterocycles. The predicted molar refractivity (Wildman–Crippen MR) is 101 cm³/mol. The summed E-state index contributed by atoms with van der Waals surface area (Å²) in [6.07, 6.45) is 8.46. The second-order valence-electron chi connectivity index (χ2n) is 5.95. The Morgan fingerprint density at radius 1 is 1.00 bits per heavy atom. The molecule has 0 unspecified atom stereocenters. The summed E-state index contributed by atoms with van der Waals surface area (Å²) >= 11 is 0. The van der Waals surface area contributed by atoms with Gasteiger partial charge in [-0.3, -0.25) is 0 Å². The van der Waals surface area contributed by atoms with Crippen LogP contribution < -0.4 is 5.32 Å². The molecule has 0 aromatic heterocycles. The number of hydrogen-bond donors (Lipinski definition) is 1. The van der Waals surface area contributed by atoms with E-state index in [0.717, 1.165) is 40.8 Å². The molecule has 0 spiro atoms. The zero-order valence-corrected chi connectivity index (χ0v) is 14.7. The Labute approximate surface area is 143 Å². The first-order valence-electron chi connectivity index (χ1n) is 7.97. The van der Waals surface area contributed by atoms with E-state index in [1.165, 1.54) is 6.26 Å². The topological polar surface area (TPSA) is 46.2 Å². The maximum absolute atomic E-state index is 12.0. The van der Waals surface area contributed by atoms with Crippen LogP contribution in [0.15, 0.2) is 53.4 Å². The van der Waals surface area contributed by atoms with Crippen molar-refractivity contribution in [2.75, 3.05) is 19.8 Å². The summed E-state index contributed by atoms with van der Waals surface area (Å²) in [6, 6.07) is 13.6. The summed E-state index contributed by atoms with van der Waals surface area (Å²) < 4.78 is 23.9. The highest BCUT2D eigenvalue weighted by molar-refractivity contribution is 7.90. The molecule has 1 N–H and O–H groups in total. The van der Waals surface area contributed by atoms with Crippen LogP contribution in [-0.2, 0) is 9.84 Å². The predicted octanol–water partition coefficient (Wildman–Crippen LogP) is 3.62. The summed E-state index contributed by atoms with van der Waals surface area (Å²) in [5.41, 5.74) is 5.37. The van der Waals surface area contributed by atoms with Crippen molar-refractivity contribution < 1.29 is 8.42 Å². The van der Waals surface area contributed by atoms with Crippen LogP contribution in [0, 0.1) is 0 Å². The van der Waals surface area contributed by atoms with E-state index < -0.39 is 9.84 Å². The highest BCUT2D eigenvalue weighted by atomic mass is 32.2. The average Bonchev–Trinajstić information content (AvgIpc) is 2.71. The highest BCUT2D eigenvalue weighted by Crippen LogP contribution is 2.35. The van der Waals surface area contributed by atoms with E-state index in [2.05, 4.69) is 35.7 Å². The third kappa shape index (κ3) is 3.35. The molecule has 2 aromatic carbocycles. The van der Waals surface area contributed by atoms with E-state index in [4.69, 9.17) is 0 Å². The third-order valence-electron chi connectivity index (χ3n) is 4.18. The van der Waals surface area contributed by atoms with Gasteiger partial charge in [0.2, 0.25) is 0 Å². The molecule has 0 saturated carbocycles. The zero-order valence-electron chi connectivity index (χ0n) is 13.9. The van der Waals surface area contributed by atoms with Gasteiger partial charge in [-0.2, -0.15) is 0 Å². The van der Waals surface area contributed by atoms with Crippen LogP contribution in [0.25, 0.3) is 17.7 Å². The van der Waals surface area contributed by atoms with Crippen LogP contribution in [0.1, 0.15) is 28.7 Å². The summed E-state index contributed by atoms with van der Waals surface area (Å²) in [5, 5.41) is 3.15. The molecule has 0 atom stereocenters. The molecule has 0 saturated heterocycles. The lowest BCUT2D eigenvalue weighted by Gasteiger charge is -2.13. The Bertz CT molecular complexity index is 924. The molecular weight excluding hydrogens is 318 g/mol. The van der Waals surface area contributed by atoms with E-state index in [-0.39, 0.29) is 0 Å². The van der Waals surface area contributed by atoms with Crippen LogP contribution in [0.4, 0.5) is 0 Å². The molecule has 0 amide bonds. The largest absolute Gasteiger partial charge is 0.319 e. The molecular formula is C20H21NO2S. The van der Waals surface area contributed by atoms with Gasteiger partial charge in [-0.15, -0.1) is 0 Å². The van der Waals surface area contributed by atoms with Crippen LogP contribution in [-0.4, -0.2) is 28.3 Å². The molecule has 124 valence electrons. The molecule has 0 radical (unpaired) electrons. The monoisotopic (exact) mass is 339 g/mol. The van der Waals surface area contributed by atoms with Gasteiger partial charge in [0.05, 0.1) is 4.90 Å². The van der Waals surface area contributed by atoms with Gasteiger partial charge in [0.15, 0.2) is 9.84 Å². The van der Waals surface area contributed by atoms with Gasteiger partial charge >= 0.3 is 0 Å². The van der Waals surface area contributed by atoms with Gasteiger partial charge in [-0.05, 0) is 60.0 Å². The van der Waals surface area contributed by atoms with Crippen molar-refractivity contribution in [2.24, 2.45) is 0 Å². The van der Waals surface area contributed by atoms with Gasteiger partial charge in [0.25, 0.3) is 0 Å². The first kappa shape index (κ1) is 16.7. The van der Waals surface area contributed by atoms with Crippen LogP contribution in [0.3, 0.4) is 0 Å². The molecule has 3 rings (SSSR count). The lowest BCUT2D eigenvalue weighted by Crippen LogP contribution is -2.06. The number of hydrogen-bond acceptors (Lipinski definition) is 3. The molecule has 2 aromatic rings. The summed E-state index contributed by atoms with van der Waals surface area (Å²) in [7, 11) is -1.31. The van der Waals surface area contributed by atoms with Crippen molar-refractivity contribution in [1.29, 1.82) is 0 Å². The number of benzene rings is 2. The van der Waals surface area contributed by atoms with Crippen molar-refractivity contribution in [3.05, 3.63) is 70.8 Å². The number of sulfone groups is 1. The van der Waals surface area contributed by atoms with Crippen molar-refractivity contribution in [1.82, 2.24) is 5.32 Å². The van der Waals surface area contributed by atoms with Crippen LogP contribution >= 0.6 is 0 Å². The van der Waals surface area contributed by atoms with E-state index in [1.807, 2.05) is 25.2 Å². The van der Waals surface area contributed by atoms with Crippen molar-refractivity contribution in [2.45, 2.75) is 11.3 Å². The number of nitrogens with one attached hydrogen (secondary N) is 1. The van der Waals surface area contributed by atoms with Gasteiger partial charge in [-0.1, -0.05) is 48.6 Å². The van der Waals surface area contributed by atoms with Crippen molar-refractivity contribution in [3.8, 4) is 0 Å². The Morgan fingerprint density at radius 2 is 1.71 bits per heavy atom.